The topological polar surface area (TPSA) is 37.8 Å². The molecule has 1 aromatic heterocycles. The Balaban J connectivity index is 2.74. The minimum absolute atomic E-state index is 0.103. The van der Waals surface area contributed by atoms with E-state index in [2.05, 4.69) is 15.3 Å². The quantitative estimate of drug-likeness (QED) is 0.923. The van der Waals surface area contributed by atoms with E-state index in [9.17, 15) is 8.78 Å². The van der Waals surface area contributed by atoms with Crippen molar-refractivity contribution < 1.29 is 8.78 Å². The predicted molar refractivity (Wildman–Crippen MR) is 71.0 cm³/mol. The molecule has 0 aliphatic heterocycles. The maximum absolute atomic E-state index is 13.9. The highest BCUT2D eigenvalue weighted by molar-refractivity contribution is 5.69. The molecule has 0 unspecified atom stereocenters. The van der Waals surface area contributed by atoms with Gasteiger partial charge < -0.3 is 5.32 Å². The van der Waals surface area contributed by atoms with E-state index < -0.39 is 11.6 Å². The summed E-state index contributed by atoms with van der Waals surface area (Å²) in [7, 11) is 1.72. The summed E-state index contributed by atoms with van der Waals surface area (Å²) in [5, 5.41) is 2.92. The van der Waals surface area contributed by atoms with Crippen LogP contribution in [0.3, 0.4) is 0 Å². The fourth-order valence-corrected chi connectivity index (χ4v) is 1.93. The van der Waals surface area contributed by atoms with E-state index in [1.807, 2.05) is 6.92 Å². The molecule has 2 aromatic rings. The van der Waals surface area contributed by atoms with Crippen molar-refractivity contribution in [2.24, 2.45) is 0 Å². The third-order valence-electron chi connectivity index (χ3n) is 2.94. The van der Waals surface area contributed by atoms with Gasteiger partial charge in [0.1, 0.15) is 23.3 Å². The maximum Gasteiger partial charge on any atom is 0.135 e. The van der Waals surface area contributed by atoms with Crippen molar-refractivity contribution in [3.8, 4) is 11.3 Å². The Labute approximate surface area is 110 Å². The molecular formula is C14H15F2N3. The fourth-order valence-electron chi connectivity index (χ4n) is 1.93. The fraction of sp³-hybridized carbons (Fsp3) is 0.286. The van der Waals surface area contributed by atoms with E-state index in [1.165, 1.54) is 18.2 Å². The number of aromatic nitrogens is 2. The van der Waals surface area contributed by atoms with Crippen LogP contribution in [-0.4, -0.2) is 17.0 Å². The van der Waals surface area contributed by atoms with E-state index in [-0.39, 0.29) is 5.56 Å². The van der Waals surface area contributed by atoms with Crippen LogP contribution in [0.2, 0.25) is 0 Å². The summed E-state index contributed by atoms with van der Waals surface area (Å²) in [6.45, 7) is 3.64. The van der Waals surface area contributed by atoms with Gasteiger partial charge in [-0.25, -0.2) is 18.7 Å². The summed E-state index contributed by atoms with van der Waals surface area (Å²) in [6, 6.07) is 3.79. The van der Waals surface area contributed by atoms with Crippen molar-refractivity contribution in [2.45, 2.75) is 20.3 Å². The summed E-state index contributed by atoms with van der Waals surface area (Å²) in [5.74, 6) is -0.103. The Hall–Kier alpha value is -2.04. The van der Waals surface area contributed by atoms with Crippen LogP contribution in [0.15, 0.2) is 18.2 Å². The Morgan fingerprint density at radius 1 is 1.16 bits per heavy atom. The highest BCUT2D eigenvalue weighted by Gasteiger charge is 2.18. The molecule has 2 rings (SSSR count). The number of hydrogen-bond donors (Lipinski definition) is 1. The first-order valence-electron chi connectivity index (χ1n) is 6.08. The zero-order valence-corrected chi connectivity index (χ0v) is 11.1. The Kier molecular flexibility index (Phi) is 3.74. The van der Waals surface area contributed by atoms with Crippen LogP contribution >= 0.6 is 0 Å². The zero-order valence-electron chi connectivity index (χ0n) is 11.1. The van der Waals surface area contributed by atoms with Gasteiger partial charge in [-0.2, -0.15) is 0 Å². The highest BCUT2D eigenvalue weighted by Crippen LogP contribution is 2.30. The molecule has 0 spiro atoms. The van der Waals surface area contributed by atoms with Crippen LogP contribution in [0.1, 0.15) is 18.3 Å². The standard InChI is InChI=1S/C14H15F2N3/c1-4-11-18-13(8(2)14(17-3)19-11)12-9(15)6-5-7-10(12)16/h5-7H,4H2,1-3H3,(H,17,18,19). The number of nitrogens with one attached hydrogen (secondary N) is 1. The lowest BCUT2D eigenvalue weighted by molar-refractivity contribution is 0.588. The van der Waals surface area contributed by atoms with Crippen LogP contribution in [0.25, 0.3) is 11.3 Å². The van der Waals surface area contributed by atoms with Gasteiger partial charge in [0.15, 0.2) is 0 Å². The number of aryl methyl sites for hydroxylation is 1. The first-order chi connectivity index (χ1) is 9.08. The molecule has 0 fully saturated rings. The van der Waals surface area contributed by atoms with E-state index in [0.29, 0.717) is 29.3 Å². The maximum atomic E-state index is 13.9. The summed E-state index contributed by atoms with van der Waals surface area (Å²) in [5.41, 5.74) is 0.823. The SMILES string of the molecule is CCc1nc(NC)c(C)c(-c2c(F)cccc2F)n1. The van der Waals surface area contributed by atoms with Gasteiger partial charge in [-0.15, -0.1) is 0 Å². The van der Waals surface area contributed by atoms with E-state index in [0.717, 1.165) is 0 Å². The first kappa shape index (κ1) is 13.4. The Bertz CT molecular complexity index is 592. The molecule has 1 aromatic carbocycles. The van der Waals surface area contributed by atoms with Crippen LogP contribution in [0.5, 0.6) is 0 Å². The second kappa shape index (κ2) is 5.30. The minimum atomic E-state index is -0.620. The summed E-state index contributed by atoms with van der Waals surface area (Å²) < 4.78 is 27.7. The van der Waals surface area contributed by atoms with Crippen LogP contribution < -0.4 is 5.32 Å². The lowest BCUT2D eigenvalue weighted by atomic mass is 10.1. The third-order valence-corrected chi connectivity index (χ3v) is 2.94. The number of hydrogen-bond acceptors (Lipinski definition) is 3. The molecule has 0 aliphatic rings. The van der Waals surface area contributed by atoms with Gasteiger partial charge in [-0.05, 0) is 19.1 Å². The second-order valence-electron chi connectivity index (χ2n) is 4.16. The first-order valence-corrected chi connectivity index (χ1v) is 6.08. The molecule has 0 saturated heterocycles. The third kappa shape index (κ3) is 2.41. The number of benzene rings is 1. The smallest absolute Gasteiger partial charge is 0.135 e. The predicted octanol–water partition coefficient (Wildman–Crippen LogP) is 3.33. The van der Waals surface area contributed by atoms with Gasteiger partial charge in [0.2, 0.25) is 0 Å². The lowest BCUT2D eigenvalue weighted by Gasteiger charge is -2.12. The summed E-state index contributed by atoms with van der Waals surface area (Å²) in [4.78, 5) is 8.55. The number of rotatable bonds is 3. The summed E-state index contributed by atoms with van der Waals surface area (Å²) >= 11 is 0. The molecule has 0 amide bonds. The molecule has 1 N–H and O–H groups in total. The van der Waals surface area contributed by atoms with Crippen molar-refractivity contribution in [3.05, 3.63) is 41.2 Å². The summed E-state index contributed by atoms with van der Waals surface area (Å²) in [6.07, 6.45) is 0.595. The molecule has 0 atom stereocenters. The largest absolute Gasteiger partial charge is 0.373 e. The van der Waals surface area contributed by atoms with Crippen molar-refractivity contribution in [2.75, 3.05) is 12.4 Å². The van der Waals surface area contributed by atoms with Crippen molar-refractivity contribution in [1.82, 2.24) is 9.97 Å². The average Bonchev–Trinajstić information content (AvgIpc) is 2.40. The normalized spacial score (nSPS) is 10.6. The van der Waals surface area contributed by atoms with Gasteiger partial charge >= 0.3 is 0 Å². The molecule has 5 heteroatoms. The molecular weight excluding hydrogens is 248 g/mol. The average molecular weight is 263 g/mol. The molecule has 0 radical (unpaired) electrons. The van der Waals surface area contributed by atoms with Crippen molar-refractivity contribution in [1.29, 1.82) is 0 Å². The molecule has 0 bridgehead atoms. The monoisotopic (exact) mass is 263 g/mol. The number of halogens is 2. The molecule has 3 nitrogen and oxygen atoms in total. The van der Waals surface area contributed by atoms with Gasteiger partial charge in [0.25, 0.3) is 0 Å². The molecule has 0 aliphatic carbocycles. The van der Waals surface area contributed by atoms with E-state index in [4.69, 9.17) is 0 Å². The second-order valence-corrected chi connectivity index (χ2v) is 4.16. The van der Waals surface area contributed by atoms with Gasteiger partial charge in [-0.1, -0.05) is 13.0 Å². The van der Waals surface area contributed by atoms with Crippen molar-refractivity contribution in [3.63, 3.8) is 0 Å². The van der Waals surface area contributed by atoms with E-state index in [1.54, 1.807) is 14.0 Å². The Morgan fingerprint density at radius 2 is 1.79 bits per heavy atom. The lowest BCUT2D eigenvalue weighted by Crippen LogP contribution is -2.06. The van der Waals surface area contributed by atoms with Gasteiger partial charge in [0.05, 0.1) is 11.3 Å². The molecule has 100 valence electrons. The highest BCUT2D eigenvalue weighted by atomic mass is 19.1. The zero-order chi connectivity index (χ0) is 14.0. The number of nitrogens with zero attached hydrogens (tertiary/aromatic N) is 2. The van der Waals surface area contributed by atoms with Gasteiger partial charge in [0, 0.05) is 19.0 Å². The van der Waals surface area contributed by atoms with Crippen LogP contribution in [0.4, 0.5) is 14.6 Å². The molecule has 1 heterocycles. The van der Waals surface area contributed by atoms with Crippen LogP contribution in [-0.2, 0) is 6.42 Å². The molecule has 0 saturated carbocycles. The van der Waals surface area contributed by atoms with Crippen LogP contribution in [0, 0.1) is 18.6 Å². The molecule has 19 heavy (non-hydrogen) atoms. The van der Waals surface area contributed by atoms with Gasteiger partial charge in [-0.3, -0.25) is 0 Å². The number of anilines is 1. The minimum Gasteiger partial charge on any atom is -0.373 e. The van der Waals surface area contributed by atoms with E-state index >= 15 is 0 Å². The Morgan fingerprint density at radius 3 is 2.32 bits per heavy atom. The van der Waals surface area contributed by atoms with Crippen molar-refractivity contribution >= 4 is 5.82 Å².